The quantitative estimate of drug-likeness (QED) is 0.788. The highest BCUT2D eigenvalue weighted by Gasteiger charge is 2.20. The normalized spacial score (nSPS) is 15.1. The van der Waals surface area contributed by atoms with Gasteiger partial charge in [-0.25, -0.2) is 0 Å². The molecule has 1 fully saturated rings. The van der Waals surface area contributed by atoms with Gasteiger partial charge in [-0.3, -0.25) is 0 Å². The molecule has 1 aliphatic carbocycles. The Morgan fingerprint density at radius 2 is 2.18 bits per heavy atom. The Morgan fingerprint density at radius 3 is 2.65 bits per heavy atom. The lowest BCUT2D eigenvalue weighted by Crippen LogP contribution is -2.32. The smallest absolute Gasteiger partial charge is 0.0994 e. The Bertz CT molecular complexity index is 427. The Labute approximate surface area is 104 Å². The van der Waals surface area contributed by atoms with E-state index in [1.807, 2.05) is 13.0 Å². The van der Waals surface area contributed by atoms with Gasteiger partial charge < -0.3 is 4.90 Å². The first-order chi connectivity index (χ1) is 8.24. The lowest BCUT2D eigenvalue weighted by Gasteiger charge is -2.33. The fourth-order valence-corrected chi connectivity index (χ4v) is 2.37. The summed E-state index contributed by atoms with van der Waals surface area (Å²) in [7, 11) is 0. The first kappa shape index (κ1) is 12.0. The molecule has 2 rings (SSSR count). The highest BCUT2D eigenvalue weighted by molar-refractivity contribution is 5.53. The van der Waals surface area contributed by atoms with Gasteiger partial charge >= 0.3 is 0 Å². The average molecular weight is 228 g/mol. The molecule has 0 amide bonds. The monoisotopic (exact) mass is 228 g/mol. The lowest BCUT2D eigenvalue weighted by molar-refractivity contribution is 0.318. The van der Waals surface area contributed by atoms with E-state index in [1.54, 1.807) is 0 Å². The van der Waals surface area contributed by atoms with Crippen molar-refractivity contribution in [2.24, 2.45) is 5.92 Å². The Balaban J connectivity index is 2.13. The highest BCUT2D eigenvalue weighted by Crippen LogP contribution is 2.29. The van der Waals surface area contributed by atoms with Crippen LogP contribution in [0, 0.1) is 24.2 Å². The van der Waals surface area contributed by atoms with Gasteiger partial charge in [0, 0.05) is 18.8 Å². The molecule has 0 saturated heterocycles. The van der Waals surface area contributed by atoms with E-state index in [-0.39, 0.29) is 0 Å². The van der Waals surface area contributed by atoms with Gasteiger partial charge in [0.15, 0.2) is 0 Å². The minimum Gasteiger partial charge on any atom is -0.372 e. The number of benzene rings is 1. The van der Waals surface area contributed by atoms with E-state index < -0.39 is 0 Å². The standard InChI is InChI=1S/C15H20N2/c1-3-17(11-13-5-4-6-13)15-8-7-14(10-16)12(2)9-15/h7-9,13H,3-6,11H2,1-2H3. The summed E-state index contributed by atoms with van der Waals surface area (Å²) >= 11 is 0. The van der Waals surface area contributed by atoms with E-state index in [0.29, 0.717) is 0 Å². The molecule has 0 atom stereocenters. The lowest BCUT2D eigenvalue weighted by atomic mass is 9.85. The highest BCUT2D eigenvalue weighted by atomic mass is 15.1. The van der Waals surface area contributed by atoms with Crippen molar-refractivity contribution in [2.75, 3.05) is 18.0 Å². The summed E-state index contributed by atoms with van der Waals surface area (Å²) in [4.78, 5) is 2.43. The van der Waals surface area contributed by atoms with Crippen LogP contribution in [0.3, 0.4) is 0 Å². The topological polar surface area (TPSA) is 27.0 Å². The van der Waals surface area contributed by atoms with E-state index in [2.05, 4.69) is 30.0 Å². The van der Waals surface area contributed by atoms with E-state index in [4.69, 9.17) is 5.26 Å². The van der Waals surface area contributed by atoms with Crippen molar-refractivity contribution >= 4 is 5.69 Å². The van der Waals surface area contributed by atoms with Crippen LogP contribution in [-0.4, -0.2) is 13.1 Å². The molecule has 17 heavy (non-hydrogen) atoms. The third-order valence-corrected chi connectivity index (χ3v) is 3.78. The Kier molecular flexibility index (Phi) is 3.68. The zero-order valence-electron chi connectivity index (χ0n) is 10.7. The van der Waals surface area contributed by atoms with Crippen LogP contribution < -0.4 is 4.90 Å². The summed E-state index contributed by atoms with van der Waals surface area (Å²) in [5.41, 5.74) is 3.13. The molecule has 2 heteroatoms. The molecule has 90 valence electrons. The first-order valence-corrected chi connectivity index (χ1v) is 6.50. The molecule has 0 heterocycles. The summed E-state index contributed by atoms with van der Waals surface area (Å²) in [6, 6.07) is 8.38. The summed E-state index contributed by atoms with van der Waals surface area (Å²) in [5.74, 6) is 0.880. The molecule has 0 aliphatic heterocycles. The van der Waals surface area contributed by atoms with Gasteiger partial charge in [0.25, 0.3) is 0 Å². The second kappa shape index (κ2) is 5.23. The van der Waals surface area contributed by atoms with Gasteiger partial charge in [0.05, 0.1) is 11.6 Å². The van der Waals surface area contributed by atoms with Gasteiger partial charge in [-0.1, -0.05) is 6.42 Å². The molecule has 0 aromatic heterocycles. The number of hydrogen-bond donors (Lipinski definition) is 0. The summed E-state index contributed by atoms with van der Waals surface area (Å²) in [6.07, 6.45) is 4.16. The predicted octanol–water partition coefficient (Wildman–Crippen LogP) is 3.49. The molecule has 0 unspecified atom stereocenters. The zero-order valence-corrected chi connectivity index (χ0v) is 10.7. The Hall–Kier alpha value is -1.49. The molecule has 1 saturated carbocycles. The Morgan fingerprint density at radius 1 is 1.41 bits per heavy atom. The number of nitriles is 1. The van der Waals surface area contributed by atoms with Crippen LogP contribution in [0.2, 0.25) is 0 Å². The summed E-state index contributed by atoms with van der Waals surface area (Å²) < 4.78 is 0. The number of aryl methyl sites for hydroxylation is 1. The van der Waals surface area contributed by atoms with Crippen LogP contribution in [-0.2, 0) is 0 Å². The van der Waals surface area contributed by atoms with Crippen LogP contribution in [0.4, 0.5) is 5.69 Å². The maximum absolute atomic E-state index is 8.93. The maximum atomic E-state index is 8.93. The molecular weight excluding hydrogens is 208 g/mol. The van der Waals surface area contributed by atoms with Crippen LogP contribution >= 0.6 is 0 Å². The van der Waals surface area contributed by atoms with Gasteiger partial charge in [-0.15, -0.1) is 0 Å². The molecule has 2 nitrogen and oxygen atoms in total. The minimum atomic E-state index is 0.786. The average Bonchev–Trinajstić information content (AvgIpc) is 2.28. The fourth-order valence-electron chi connectivity index (χ4n) is 2.37. The van der Waals surface area contributed by atoms with Crippen molar-refractivity contribution in [3.05, 3.63) is 29.3 Å². The van der Waals surface area contributed by atoms with Crippen LogP contribution in [0.1, 0.15) is 37.3 Å². The SMILES string of the molecule is CCN(CC1CCC1)c1ccc(C#N)c(C)c1. The van der Waals surface area contributed by atoms with Crippen molar-refractivity contribution in [1.29, 1.82) is 5.26 Å². The van der Waals surface area contributed by atoms with Crippen LogP contribution in [0.15, 0.2) is 18.2 Å². The molecule has 1 aliphatic rings. The van der Waals surface area contributed by atoms with Crippen LogP contribution in [0.25, 0.3) is 0 Å². The van der Waals surface area contributed by atoms with E-state index in [1.165, 1.54) is 31.5 Å². The van der Waals surface area contributed by atoms with Crippen molar-refractivity contribution in [1.82, 2.24) is 0 Å². The van der Waals surface area contributed by atoms with Gasteiger partial charge in [-0.05, 0) is 56.4 Å². The summed E-state index contributed by atoms with van der Waals surface area (Å²) in [5, 5.41) is 8.93. The molecule has 1 aromatic carbocycles. The largest absolute Gasteiger partial charge is 0.372 e. The second-order valence-electron chi connectivity index (χ2n) is 4.95. The number of hydrogen-bond acceptors (Lipinski definition) is 2. The molecule has 0 N–H and O–H groups in total. The summed E-state index contributed by atoms with van der Waals surface area (Å²) in [6.45, 7) is 6.43. The van der Waals surface area contributed by atoms with Gasteiger partial charge in [0.1, 0.15) is 0 Å². The molecular formula is C15H20N2. The van der Waals surface area contributed by atoms with Crippen molar-refractivity contribution in [3.8, 4) is 6.07 Å². The van der Waals surface area contributed by atoms with Crippen molar-refractivity contribution in [3.63, 3.8) is 0 Å². The van der Waals surface area contributed by atoms with Gasteiger partial charge in [0.2, 0.25) is 0 Å². The van der Waals surface area contributed by atoms with Gasteiger partial charge in [-0.2, -0.15) is 5.26 Å². The maximum Gasteiger partial charge on any atom is 0.0994 e. The van der Waals surface area contributed by atoms with E-state index in [0.717, 1.165) is 23.6 Å². The first-order valence-electron chi connectivity index (χ1n) is 6.50. The number of anilines is 1. The third-order valence-electron chi connectivity index (χ3n) is 3.78. The molecule has 0 bridgehead atoms. The van der Waals surface area contributed by atoms with E-state index in [9.17, 15) is 0 Å². The van der Waals surface area contributed by atoms with Crippen LogP contribution in [0.5, 0.6) is 0 Å². The third kappa shape index (κ3) is 2.61. The molecule has 1 aromatic rings. The second-order valence-corrected chi connectivity index (χ2v) is 4.95. The van der Waals surface area contributed by atoms with Crippen molar-refractivity contribution < 1.29 is 0 Å². The van der Waals surface area contributed by atoms with Crippen molar-refractivity contribution in [2.45, 2.75) is 33.1 Å². The minimum absolute atomic E-state index is 0.786. The molecule has 0 radical (unpaired) electrons. The number of rotatable bonds is 4. The predicted molar refractivity (Wildman–Crippen MR) is 71.1 cm³/mol. The van der Waals surface area contributed by atoms with E-state index >= 15 is 0 Å². The molecule has 0 spiro atoms. The fraction of sp³-hybridized carbons (Fsp3) is 0.533. The zero-order chi connectivity index (χ0) is 12.3. The number of nitrogens with zero attached hydrogens (tertiary/aromatic N) is 2.